The number of hydrogen-bond donors (Lipinski definition) is 0. The Morgan fingerprint density at radius 1 is 0.933 bits per heavy atom. The van der Waals surface area contributed by atoms with Crippen LogP contribution in [0.15, 0.2) is 42.5 Å². The number of ether oxygens (including phenoxy) is 3. The van der Waals surface area contributed by atoms with Gasteiger partial charge in [0.25, 0.3) is 0 Å². The molecule has 2 heterocycles. The molecule has 0 radical (unpaired) electrons. The molecule has 0 amide bonds. The molecule has 0 saturated carbocycles. The lowest BCUT2D eigenvalue weighted by Crippen LogP contribution is -2.46. The molecule has 1 atom stereocenters. The van der Waals surface area contributed by atoms with Gasteiger partial charge in [-0.25, -0.2) is 0 Å². The summed E-state index contributed by atoms with van der Waals surface area (Å²) in [6, 6.07) is 15.5. The molecular formula is C24H33N3O3. The number of piperazine rings is 1. The van der Waals surface area contributed by atoms with Crippen LogP contribution < -0.4 is 14.4 Å². The van der Waals surface area contributed by atoms with Gasteiger partial charge in [-0.3, -0.25) is 4.90 Å². The minimum Gasteiger partial charge on any atom is -0.496 e. The fourth-order valence-electron chi connectivity index (χ4n) is 4.48. The van der Waals surface area contributed by atoms with Crippen molar-refractivity contribution >= 4 is 5.69 Å². The van der Waals surface area contributed by atoms with E-state index < -0.39 is 0 Å². The van der Waals surface area contributed by atoms with Crippen molar-refractivity contribution in [2.75, 3.05) is 72.1 Å². The molecule has 0 aromatic heterocycles. The second-order valence-corrected chi connectivity index (χ2v) is 8.09. The fraction of sp³-hybridized carbons (Fsp3) is 0.500. The Balaban J connectivity index is 1.62. The van der Waals surface area contributed by atoms with Gasteiger partial charge in [0.2, 0.25) is 0 Å². The molecule has 2 aliphatic rings. The summed E-state index contributed by atoms with van der Waals surface area (Å²) < 4.78 is 17.1. The first-order valence-corrected chi connectivity index (χ1v) is 10.7. The lowest BCUT2D eigenvalue weighted by molar-refractivity contribution is 0.0826. The summed E-state index contributed by atoms with van der Waals surface area (Å²) in [6.45, 7) is 7.16. The predicted molar refractivity (Wildman–Crippen MR) is 120 cm³/mol. The summed E-state index contributed by atoms with van der Waals surface area (Å²) in [4.78, 5) is 7.28. The van der Waals surface area contributed by atoms with Crippen LogP contribution in [0.1, 0.15) is 17.2 Å². The third kappa shape index (κ3) is 4.56. The molecule has 4 rings (SSSR count). The van der Waals surface area contributed by atoms with E-state index in [2.05, 4.69) is 64.2 Å². The highest BCUT2D eigenvalue weighted by Gasteiger charge is 2.28. The molecule has 0 bridgehead atoms. The highest BCUT2D eigenvalue weighted by molar-refractivity contribution is 5.64. The van der Waals surface area contributed by atoms with E-state index in [0.717, 1.165) is 75.2 Å². The Hall–Kier alpha value is -2.28. The summed E-state index contributed by atoms with van der Waals surface area (Å²) >= 11 is 0. The zero-order valence-corrected chi connectivity index (χ0v) is 18.3. The molecule has 2 saturated heterocycles. The van der Waals surface area contributed by atoms with E-state index in [1.54, 1.807) is 14.2 Å². The van der Waals surface area contributed by atoms with Crippen LogP contribution in [0.5, 0.6) is 11.5 Å². The minimum absolute atomic E-state index is 0.361. The maximum absolute atomic E-state index is 5.83. The van der Waals surface area contributed by atoms with Crippen molar-refractivity contribution < 1.29 is 14.2 Å². The van der Waals surface area contributed by atoms with Crippen LogP contribution in [0.4, 0.5) is 5.69 Å². The van der Waals surface area contributed by atoms with Gasteiger partial charge >= 0.3 is 0 Å². The summed E-state index contributed by atoms with van der Waals surface area (Å²) in [5.41, 5.74) is 3.61. The molecule has 2 aromatic carbocycles. The molecule has 0 N–H and O–H groups in total. The van der Waals surface area contributed by atoms with Gasteiger partial charge in [0.1, 0.15) is 11.5 Å². The predicted octanol–water partition coefficient (Wildman–Crippen LogP) is 3.03. The lowest BCUT2D eigenvalue weighted by Gasteiger charge is -2.40. The first kappa shape index (κ1) is 21.0. The quantitative estimate of drug-likeness (QED) is 0.727. The van der Waals surface area contributed by atoms with E-state index in [4.69, 9.17) is 14.2 Å². The minimum atomic E-state index is 0.361. The third-order valence-corrected chi connectivity index (χ3v) is 6.19. The monoisotopic (exact) mass is 411 g/mol. The number of morpholine rings is 1. The van der Waals surface area contributed by atoms with Crippen LogP contribution in [-0.2, 0) is 11.3 Å². The molecule has 2 aliphatic heterocycles. The van der Waals surface area contributed by atoms with Gasteiger partial charge in [-0.15, -0.1) is 0 Å². The van der Waals surface area contributed by atoms with Gasteiger partial charge < -0.3 is 24.0 Å². The van der Waals surface area contributed by atoms with E-state index in [1.807, 2.05) is 0 Å². The molecule has 162 valence electrons. The van der Waals surface area contributed by atoms with Crippen molar-refractivity contribution in [2.45, 2.75) is 12.6 Å². The normalized spacial score (nSPS) is 20.9. The summed E-state index contributed by atoms with van der Waals surface area (Å²) in [6.07, 6.45) is 0. The van der Waals surface area contributed by atoms with Crippen molar-refractivity contribution in [1.29, 1.82) is 0 Å². The topological polar surface area (TPSA) is 37.4 Å². The van der Waals surface area contributed by atoms with Crippen molar-refractivity contribution in [3.63, 3.8) is 0 Å². The number of likely N-dealkylation sites (N-methyl/N-ethyl adjacent to an activating group) is 1. The first-order chi connectivity index (χ1) is 14.7. The van der Waals surface area contributed by atoms with E-state index >= 15 is 0 Å². The molecule has 6 nitrogen and oxygen atoms in total. The average molecular weight is 412 g/mol. The van der Waals surface area contributed by atoms with Gasteiger partial charge in [0.05, 0.1) is 33.1 Å². The van der Waals surface area contributed by atoms with Crippen LogP contribution in [0.25, 0.3) is 0 Å². The molecule has 2 aromatic rings. The second kappa shape index (κ2) is 9.69. The maximum Gasteiger partial charge on any atom is 0.142 e. The third-order valence-electron chi connectivity index (χ3n) is 6.19. The van der Waals surface area contributed by atoms with Crippen molar-refractivity contribution in [3.8, 4) is 11.5 Å². The average Bonchev–Trinajstić information content (AvgIpc) is 2.81. The van der Waals surface area contributed by atoms with Crippen LogP contribution in [0.3, 0.4) is 0 Å². The number of hydrogen-bond acceptors (Lipinski definition) is 6. The Morgan fingerprint density at radius 3 is 2.37 bits per heavy atom. The standard InChI is InChI=1S/C24H33N3O3/c1-25-9-10-27(22(18-25)19-7-5-4-6-8-19)17-20-15-24(29-3)21(16-23(20)28-2)26-11-13-30-14-12-26/h4-8,15-16,22H,9-14,17-18H2,1-3H3/t22-/m0/s1. The Labute approximate surface area is 179 Å². The molecule has 2 fully saturated rings. The van der Waals surface area contributed by atoms with Crippen molar-refractivity contribution in [2.24, 2.45) is 0 Å². The summed E-state index contributed by atoms with van der Waals surface area (Å²) in [5, 5.41) is 0. The van der Waals surface area contributed by atoms with Gasteiger partial charge in [-0.2, -0.15) is 0 Å². The zero-order chi connectivity index (χ0) is 20.9. The SMILES string of the molecule is COc1cc(N2CCOCC2)c(OC)cc1CN1CCN(C)C[C@H]1c1ccccc1. The number of rotatable bonds is 6. The number of methoxy groups -OCH3 is 2. The fourth-order valence-corrected chi connectivity index (χ4v) is 4.48. The van der Waals surface area contributed by atoms with E-state index in [-0.39, 0.29) is 0 Å². The van der Waals surface area contributed by atoms with Gasteiger partial charge in [0, 0.05) is 56.9 Å². The summed E-state index contributed by atoms with van der Waals surface area (Å²) in [5.74, 6) is 1.82. The number of benzene rings is 2. The van der Waals surface area contributed by atoms with Crippen molar-refractivity contribution in [3.05, 3.63) is 53.6 Å². The van der Waals surface area contributed by atoms with Gasteiger partial charge in [-0.1, -0.05) is 30.3 Å². The van der Waals surface area contributed by atoms with Crippen LogP contribution >= 0.6 is 0 Å². The highest BCUT2D eigenvalue weighted by atomic mass is 16.5. The van der Waals surface area contributed by atoms with Crippen LogP contribution in [-0.4, -0.2) is 77.0 Å². The molecule has 30 heavy (non-hydrogen) atoms. The van der Waals surface area contributed by atoms with Crippen molar-refractivity contribution in [1.82, 2.24) is 9.80 Å². The molecule has 0 spiro atoms. The molecule has 0 aliphatic carbocycles. The number of nitrogens with zero attached hydrogens (tertiary/aromatic N) is 3. The Kier molecular flexibility index (Phi) is 6.77. The Bertz CT molecular complexity index is 824. The van der Waals surface area contributed by atoms with Gasteiger partial charge in [0.15, 0.2) is 0 Å². The second-order valence-electron chi connectivity index (χ2n) is 8.09. The van der Waals surface area contributed by atoms with E-state index in [0.29, 0.717) is 6.04 Å². The first-order valence-electron chi connectivity index (χ1n) is 10.7. The Morgan fingerprint density at radius 2 is 1.67 bits per heavy atom. The van der Waals surface area contributed by atoms with E-state index in [1.165, 1.54) is 5.56 Å². The van der Waals surface area contributed by atoms with Crippen LogP contribution in [0, 0.1) is 0 Å². The highest BCUT2D eigenvalue weighted by Crippen LogP contribution is 2.38. The largest absolute Gasteiger partial charge is 0.496 e. The molecule has 6 heteroatoms. The molecular weight excluding hydrogens is 378 g/mol. The van der Waals surface area contributed by atoms with E-state index in [9.17, 15) is 0 Å². The van der Waals surface area contributed by atoms with Crippen LogP contribution in [0.2, 0.25) is 0 Å². The molecule has 0 unspecified atom stereocenters. The smallest absolute Gasteiger partial charge is 0.142 e. The van der Waals surface area contributed by atoms with Gasteiger partial charge in [-0.05, 0) is 18.7 Å². The summed E-state index contributed by atoms with van der Waals surface area (Å²) in [7, 11) is 5.71. The zero-order valence-electron chi connectivity index (χ0n) is 18.3. The number of anilines is 1. The lowest BCUT2D eigenvalue weighted by atomic mass is 10.0. The maximum atomic E-state index is 5.83.